The molecule has 1 N–H and O–H groups in total. The van der Waals surface area contributed by atoms with E-state index in [-0.39, 0.29) is 0 Å². The van der Waals surface area contributed by atoms with Crippen molar-refractivity contribution in [3.8, 4) is 0 Å². The molecule has 0 radical (unpaired) electrons. The predicted molar refractivity (Wildman–Crippen MR) is 72.3 cm³/mol. The quantitative estimate of drug-likeness (QED) is 0.886. The zero-order valence-corrected chi connectivity index (χ0v) is 11.2. The van der Waals surface area contributed by atoms with Crippen LogP contribution in [0.2, 0.25) is 0 Å². The van der Waals surface area contributed by atoms with Gasteiger partial charge in [0.1, 0.15) is 5.82 Å². The maximum atomic E-state index is 4.57. The van der Waals surface area contributed by atoms with Gasteiger partial charge in [0.15, 0.2) is 0 Å². The van der Waals surface area contributed by atoms with Crippen molar-refractivity contribution in [1.29, 1.82) is 0 Å². The van der Waals surface area contributed by atoms with Gasteiger partial charge in [-0.2, -0.15) is 0 Å². The van der Waals surface area contributed by atoms with Gasteiger partial charge in [0.25, 0.3) is 0 Å². The lowest BCUT2D eigenvalue weighted by Crippen LogP contribution is -2.17. The molecule has 0 bridgehead atoms. The first kappa shape index (κ1) is 12.1. The molecule has 2 saturated carbocycles. The van der Waals surface area contributed by atoms with Crippen molar-refractivity contribution in [2.45, 2.75) is 64.0 Å². The van der Waals surface area contributed by atoms with E-state index in [0.717, 1.165) is 24.3 Å². The van der Waals surface area contributed by atoms with E-state index in [4.69, 9.17) is 0 Å². The molecule has 0 aromatic carbocycles. The van der Waals surface area contributed by atoms with E-state index < -0.39 is 0 Å². The summed E-state index contributed by atoms with van der Waals surface area (Å²) in [6, 6.07) is 0.754. The summed E-state index contributed by atoms with van der Waals surface area (Å²) >= 11 is 0. The monoisotopic (exact) mass is 245 g/mol. The fourth-order valence-corrected chi connectivity index (χ4v) is 2.73. The Kier molecular flexibility index (Phi) is 3.59. The van der Waals surface area contributed by atoms with Crippen molar-refractivity contribution < 1.29 is 0 Å². The maximum Gasteiger partial charge on any atom is 0.131 e. The molecule has 0 amide bonds. The second kappa shape index (κ2) is 5.35. The topological polar surface area (TPSA) is 37.8 Å². The molecule has 2 aliphatic carbocycles. The van der Waals surface area contributed by atoms with Crippen LogP contribution in [-0.2, 0) is 6.54 Å². The smallest absolute Gasteiger partial charge is 0.131 e. The Morgan fingerprint density at radius 2 is 1.72 bits per heavy atom. The van der Waals surface area contributed by atoms with E-state index in [9.17, 15) is 0 Å². The summed E-state index contributed by atoms with van der Waals surface area (Å²) in [7, 11) is 0. The molecular weight excluding hydrogens is 222 g/mol. The average molecular weight is 245 g/mol. The molecule has 1 heterocycles. The number of nitrogens with one attached hydrogen (secondary N) is 1. The highest BCUT2D eigenvalue weighted by Gasteiger charge is 2.22. The molecule has 0 atom stereocenters. The highest BCUT2D eigenvalue weighted by atomic mass is 15.0. The Hall–Kier alpha value is -0.960. The van der Waals surface area contributed by atoms with Crippen molar-refractivity contribution in [2.75, 3.05) is 0 Å². The molecule has 0 unspecified atom stereocenters. The van der Waals surface area contributed by atoms with Crippen molar-refractivity contribution >= 4 is 0 Å². The number of aromatic nitrogens is 2. The molecule has 18 heavy (non-hydrogen) atoms. The first-order valence-electron chi connectivity index (χ1n) is 7.35. The molecule has 3 rings (SSSR count). The molecule has 2 aliphatic rings. The summed E-state index contributed by atoms with van der Waals surface area (Å²) in [6.45, 7) is 3.27. The van der Waals surface area contributed by atoms with Crippen molar-refractivity contribution in [2.24, 2.45) is 5.92 Å². The summed E-state index contributed by atoms with van der Waals surface area (Å²) in [5.74, 6) is 2.56. The van der Waals surface area contributed by atoms with Crippen LogP contribution < -0.4 is 5.32 Å². The third kappa shape index (κ3) is 3.08. The Balaban J connectivity index is 1.56. The fraction of sp³-hybridized carbons (Fsp3) is 0.733. The van der Waals surface area contributed by atoms with Crippen LogP contribution in [0.15, 0.2) is 12.4 Å². The molecule has 3 heteroatoms. The first-order valence-corrected chi connectivity index (χ1v) is 7.35. The zero-order chi connectivity index (χ0) is 12.4. The average Bonchev–Trinajstić information content (AvgIpc) is 3.22. The van der Waals surface area contributed by atoms with Gasteiger partial charge in [-0.25, -0.2) is 9.97 Å². The zero-order valence-electron chi connectivity index (χ0n) is 11.2. The van der Waals surface area contributed by atoms with E-state index in [2.05, 4.69) is 22.2 Å². The molecular formula is C15H23N3. The molecule has 1 aromatic heterocycles. The molecule has 1 aromatic rings. The molecule has 0 aliphatic heterocycles. The number of hydrogen-bond donors (Lipinski definition) is 1. The highest BCUT2D eigenvalue weighted by Crippen LogP contribution is 2.33. The van der Waals surface area contributed by atoms with E-state index in [1.165, 1.54) is 44.1 Å². The molecule has 0 saturated heterocycles. The highest BCUT2D eigenvalue weighted by molar-refractivity contribution is 5.08. The molecule has 98 valence electrons. The van der Waals surface area contributed by atoms with E-state index in [0.29, 0.717) is 5.92 Å². The van der Waals surface area contributed by atoms with E-state index in [1.807, 2.05) is 12.4 Å². The van der Waals surface area contributed by atoms with Crippen LogP contribution in [0.1, 0.15) is 62.8 Å². The third-order valence-electron chi connectivity index (χ3n) is 4.28. The maximum absolute atomic E-state index is 4.57. The van der Waals surface area contributed by atoms with Gasteiger partial charge >= 0.3 is 0 Å². The van der Waals surface area contributed by atoms with Crippen LogP contribution in [-0.4, -0.2) is 16.0 Å². The van der Waals surface area contributed by atoms with Crippen LogP contribution in [0.25, 0.3) is 0 Å². The second-order valence-electron chi connectivity index (χ2n) is 6.06. The lowest BCUT2D eigenvalue weighted by Gasteiger charge is -2.24. The van der Waals surface area contributed by atoms with Crippen molar-refractivity contribution in [3.63, 3.8) is 0 Å². The lowest BCUT2D eigenvalue weighted by molar-refractivity contribution is 0.339. The first-order chi connectivity index (χ1) is 8.81. The standard InChI is InChI=1S/C15H23N3/c1-11-2-4-13(5-3-11)15-17-9-12(10-18-15)8-16-14-6-7-14/h9-11,13-14,16H,2-8H2,1H3. The van der Waals surface area contributed by atoms with Gasteiger partial charge < -0.3 is 5.32 Å². The number of nitrogens with zero attached hydrogens (tertiary/aromatic N) is 2. The largest absolute Gasteiger partial charge is 0.310 e. The van der Waals surface area contributed by atoms with Crippen molar-refractivity contribution in [3.05, 3.63) is 23.8 Å². The van der Waals surface area contributed by atoms with Crippen LogP contribution in [0, 0.1) is 5.92 Å². The van der Waals surface area contributed by atoms with Gasteiger partial charge in [0.2, 0.25) is 0 Å². The van der Waals surface area contributed by atoms with Gasteiger partial charge in [0, 0.05) is 36.5 Å². The molecule has 3 nitrogen and oxygen atoms in total. The minimum absolute atomic E-state index is 0.603. The Labute approximate surface area is 109 Å². The summed E-state index contributed by atoms with van der Waals surface area (Å²) < 4.78 is 0. The minimum Gasteiger partial charge on any atom is -0.310 e. The Bertz CT molecular complexity index is 375. The third-order valence-corrected chi connectivity index (χ3v) is 4.28. The predicted octanol–water partition coefficient (Wildman–Crippen LogP) is 3.02. The van der Waals surface area contributed by atoms with Gasteiger partial charge in [0.05, 0.1) is 0 Å². The van der Waals surface area contributed by atoms with Gasteiger partial charge in [-0.1, -0.05) is 19.8 Å². The number of rotatable bonds is 4. The Morgan fingerprint density at radius 1 is 1.06 bits per heavy atom. The summed E-state index contributed by atoms with van der Waals surface area (Å²) in [5.41, 5.74) is 1.22. The van der Waals surface area contributed by atoms with Crippen molar-refractivity contribution in [1.82, 2.24) is 15.3 Å². The van der Waals surface area contributed by atoms with Crippen LogP contribution >= 0.6 is 0 Å². The van der Waals surface area contributed by atoms with Crippen LogP contribution in [0.3, 0.4) is 0 Å². The van der Waals surface area contributed by atoms with E-state index >= 15 is 0 Å². The summed E-state index contributed by atoms with van der Waals surface area (Å²) in [6.07, 6.45) is 11.9. The van der Waals surface area contributed by atoms with E-state index in [1.54, 1.807) is 0 Å². The van der Waals surface area contributed by atoms with Gasteiger partial charge in [-0.3, -0.25) is 0 Å². The normalized spacial score (nSPS) is 28.3. The summed E-state index contributed by atoms with van der Waals surface area (Å²) in [5, 5.41) is 3.50. The molecule has 2 fully saturated rings. The second-order valence-corrected chi connectivity index (χ2v) is 6.06. The fourth-order valence-electron chi connectivity index (χ4n) is 2.73. The van der Waals surface area contributed by atoms with Gasteiger partial charge in [-0.05, 0) is 31.6 Å². The Morgan fingerprint density at radius 3 is 2.33 bits per heavy atom. The van der Waals surface area contributed by atoms with Crippen LogP contribution in [0.5, 0.6) is 0 Å². The molecule has 0 spiro atoms. The minimum atomic E-state index is 0.603. The summed E-state index contributed by atoms with van der Waals surface area (Å²) in [4.78, 5) is 9.15. The van der Waals surface area contributed by atoms with Crippen LogP contribution in [0.4, 0.5) is 0 Å². The van der Waals surface area contributed by atoms with Gasteiger partial charge in [-0.15, -0.1) is 0 Å². The number of hydrogen-bond acceptors (Lipinski definition) is 3. The SMILES string of the molecule is CC1CCC(c2ncc(CNC3CC3)cn2)CC1. The lowest BCUT2D eigenvalue weighted by atomic mass is 9.82.